The van der Waals surface area contributed by atoms with Crippen molar-refractivity contribution in [3.8, 4) is 0 Å². The zero-order chi connectivity index (χ0) is 16.9. The summed E-state index contributed by atoms with van der Waals surface area (Å²) in [5.41, 5.74) is 0.643. The first kappa shape index (κ1) is 16.4. The van der Waals surface area contributed by atoms with Crippen LogP contribution in [0.4, 0.5) is 0 Å². The lowest BCUT2D eigenvalue weighted by atomic mass is 10.2. The number of thiophene rings is 1. The van der Waals surface area contributed by atoms with E-state index in [0.717, 1.165) is 10.1 Å². The Morgan fingerprint density at radius 2 is 1.96 bits per heavy atom. The second-order valence-corrected chi connectivity index (χ2v) is 6.34. The van der Waals surface area contributed by atoms with Crippen molar-refractivity contribution in [2.45, 2.75) is 6.61 Å². The fraction of sp³-hybridized carbons (Fsp3) is 0.118. The van der Waals surface area contributed by atoms with Gasteiger partial charge in [-0.25, -0.2) is 0 Å². The van der Waals surface area contributed by atoms with Crippen molar-refractivity contribution in [2.24, 2.45) is 0 Å². The molecule has 2 heterocycles. The van der Waals surface area contributed by atoms with E-state index in [9.17, 15) is 9.59 Å². The van der Waals surface area contributed by atoms with Crippen molar-refractivity contribution in [3.63, 3.8) is 0 Å². The molecule has 0 aliphatic heterocycles. The third-order valence-corrected chi connectivity index (χ3v) is 4.92. The van der Waals surface area contributed by atoms with Crippen molar-refractivity contribution in [1.29, 1.82) is 0 Å². The van der Waals surface area contributed by atoms with Crippen LogP contribution in [0.1, 0.15) is 15.4 Å². The number of benzene rings is 1. The van der Waals surface area contributed by atoms with E-state index in [4.69, 9.17) is 16.3 Å². The van der Waals surface area contributed by atoms with Crippen molar-refractivity contribution in [2.75, 3.05) is 6.54 Å². The summed E-state index contributed by atoms with van der Waals surface area (Å²) < 4.78 is 5.98. The topological polar surface area (TPSA) is 68.3 Å². The van der Waals surface area contributed by atoms with E-state index in [1.807, 2.05) is 24.3 Å². The molecule has 0 saturated heterocycles. The van der Waals surface area contributed by atoms with Gasteiger partial charge >= 0.3 is 5.97 Å². The zero-order valence-electron chi connectivity index (χ0n) is 12.5. The van der Waals surface area contributed by atoms with Crippen LogP contribution in [0.3, 0.4) is 0 Å². The fourth-order valence-corrected chi connectivity index (χ4v) is 3.52. The minimum atomic E-state index is -0.536. The van der Waals surface area contributed by atoms with Gasteiger partial charge in [-0.15, -0.1) is 11.3 Å². The van der Waals surface area contributed by atoms with Crippen LogP contribution < -0.4 is 5.32 Å². The molecule has 122 valence electrons. The molecule has 0 saturated carbocycles. The molecule has 0 spiro atoms. The number of fused-ring (bicyclic) bond motifs is 1. The number of pyridine rings is 1. The smallest absolute Gasteiger partial charge is 0.325 e. The van der Waals surface area contributed by atoms with Gasteiger partial charge in [-0.3, -0.25) is 14.6 Å². The molecule has 7 heteroatoms. The van der Waals surface area contributed by atoms with E-state index in [0.29, 0.717) is 15.6 Å². The summed E-state index contributed by atoms with van der Waals surface area (Å²) in [6.45, 7) is -0.157. The first-order chi connectivity index (χ1) is 11.6. The van der Waals surface area contributed by atoms with Gasteiger partial charge in [0.05, 0.1) is 10.7 Å². The van der Waals surface area contributed by atoms with E-state index in [2.05, 4.69) is 10.3 Å². The summed E-state index contributed by atoms with van der Waals surface area (Å²) in [6.07, 6.45) is 1.62. The number of ether oxygens (including phenoxy) is 1. The Morgan fingerprint density at radius 3 is 2.71 bits per heavy atom. The van der Waals surface area contributed by atoms with Crippen LogP contribution in [0.5, 0.6) is 0 Å². The van der Waals surface area contributed by atoms with Crippen molar-refractivity contribution in [1.82, 2.24) is 10.3 Å². The number of rotatable bonds is 5. The Morgan fingerprint density at radius 1 is 1.17 bits per heavy atom. The van der Waals surface area contributed by atoms with Gasteiger partial charge in [-0.05, 0) is 18.2 Å². The van der Waals surface area contributed by atoms with E-state index in [-0.39, 0.29) is 13.2 Å². The van der Waals surface area contributed by atoms with Gasteiger partial charge < -0.3 is 10.1 Å². The minimum absolute atomic E-state index is 0.0686. The molecule has 0 fully saturated rings. The van der Waals surface area contributed by atoms with Gasteiger partial charge in [0.15, 0.2) is 0 Å². The van der Waals surface area contributed by atoms with Gasteiger partial charge in [0.1, 0.15) is 18.0 Å². The SMILES string of the molecule is O=C(CNC(=O)c1sc2ccccc2c1Cl)OCc1ccccn1. The molecule has 1 amide bonds. The van der Waals surface area contributed by atoms with Crippen molar-refractivity contribution >= 4 is 44.9 Å². The molecule has 0 radical (unpaired) electrons. The molecule has 0 bridgehead atoms. The number of carbonyl (C=O) groups excluding carboxylic acids is 2. The van der Waals surface area contributed by atoms with E-state index in [1.165, 1.54) is 11.3 Å². The lowest BCUT2D eigenvalue weighted by Crippen LogP contribution is -2.30. The van der Waals surface area contributed by atoms with Crippen LogP contribution in [0.15, 0.2) is 48.7 Å². The van der Waals surface area contributed by atoms with Gasteiger partial charge in [-0.1, -0.05) is 35.9 Å². The number of halogens is 1. The summed E-state index contributed by atoms with van der Waals surface area (Å²) in [4.78, 5) is 28.4. The lowest BCUT2D eigenvalue weighted by Gasteiger charge is -2.05. The number of hydrogen-bond donors (Lipinski definition) is 1. The Balaban J connectivity index is 1.56. The Bertz CT molecular complexity index is 880. The second-order valence-electron chi connectivity index (χ2n) is 4.91. The molecule has 0 aliphatic rings. The first-order valence-electron chi connectivity index (χ1n) is 7.16. The fourth-order valence-electron chi connectivity index (χ4n) is 2.08. The summed E-state index contributed by atoms with van der Waals surface area (Å²) in [5, 5.41) is 3.75. The van der Waals surface area contributed by atoms with Crippen LogP contribution in [-0.4, -0.2) is 23.4 Å². The zero-order valence-corrected chi connectivity index (χ0v) is 14.1. The van der Waals surface area contributed by atoms with Crippen molar-refractivity contribution < 1.29 is 14.3 Å². The molecular weight excluding hydrogens is 348 g/mol. The van der Waals surface area contributed by atoms with Crippen LogP contribution in [0.25, 0.3) is 10.1 Å². The van der Waals surface area contributed by atoms with Crippen LogP contribution in [0, 0.1) is 0 Å². The predicted molar refractivity (Wildman–Crippen MR) is 93.2 cm³/mol. The second kappa shape index (κ2) is 7.42. The van der Waals surface area contributed by atoms with Gasteiger partial charge in [0, 0.05) is 16.3 Å². The number of amides is 1. The molecule has 0 aliphatic carbocycles. The molecular formula is C17H13ClN2O3S. The molecule has 1 aromatic carbocycles. The number of hydrogen-bond acceptors (Lipinski definition) is 5. The average molecular weight is 361 g/mol. The highest BCUT2D eigenvalue weighted by Gasteiger charge is 2.17. The van der Waals surface area contributed by atoms with Crippen LogP contribution in [0.2, 0.25) is 5.02 Å². The number of nitrogens with one attached hydrogen (secondary N) is 1. The van der Waals surface area contributed by atoms with Gasteiger partial charge in [0.2, 0.25) is 0 Å². The third kappa shape index (κ3) is 3.72. The highest BCUT2D eigenvalue weighted by molar-refractivity contribution is 7.21. The first-order valence-corrected chi connectivity index (χ1v) is 8.35. The highest BCUT2D eigenvalue weighted by atomic mass is 35.5. The highest BCUT2D eigenvalue weighted by Crippen LogP contribution is 2.34. The van der Waals surface area contributed by atoms with Crippen LogP contribution in [-0.2, 0) is 16.1 Å². The molecule has 5 nitrogen and oxygen atoms in total. The van der Waals surface area contributed by atoms with Crippen molar-refractivity contribution in [3.05, 3.63) is 64.3 Å². The van der Waals surface area contributed by atoms with Crippen LogP contribution >= 0.6 is 22.9 Å². The monoisotopic (exact) mass is 360 g/mol. The lowest BCUT2D eigenvalue weighted by molar-refractivity contribution is -0.143. The van der Waals surface area contributed by atoms with Gasteiger partial charge in [0.25, 0.3) is 5.91 Å². The standard InChI is InChI=1S/C17H13ClN2O3S/c18-15-12-6-1-2-7-13(12)24-16(15)17(22)20-9-14(21)23-10-11-5-3-4-8-19-11/h1-8H,9-10H2,(H,20,22). The Labute approximate surface area is 147 Å². The molecule has 1 N–H and O–H groups in total. The Kier molecular flexibility index (Phi) is 5.08. The largest absolute Gasteiger partial charge is 0.458 e. The molecule has 0 atom stereocenters. The van der Waals surface area contributed by atoms with Gasteiger partial charge in [-0.2, -0.15) is 0 Å². The number of nitrogens with zero attached hydrogens (tertiary/aromatic N) is 1. The third-order valence-electron chi connectivity index (χ3n) is 3.24. The number of carbonyl (C=O) groups is 2. The summed E-state index contributed by atoms with van der Waals surface area (Å²) in [7, 11) is 0. The number of aromatic nitrogens is 1. The molecule has 3 aromatic rings. The maximum Gasteiger partial charge on any atom is 0.325 e. The predicted octanol–water partition coefficient (Wildman–Crippen LogP) is 3.42. The molecule has 24 heavy (non-hydrogen) atoms. The summed E-state index contributed by atoms with van der Waals surface area (Å²) >= 11 is 7.52. The average Bonchev–Trinajstić information content (AvgIpc) is 2.96. The van der Waals surface area contributed by atoms with E-state index >= 15 is 0 Å². The quantitative estimate of drug-likeness (QED) is 0.708. The molecule has 3 rings (SSSR count). The van der Waals surface area contributed by atoms with E-state index < -0.39 is 11.9 Å². The molecule has 0 unspecified atom stereocenters. The molecule has 2 aromatic heterocycles. The maximum absolute atomic E-state index is 12.2. The Hall–Kier alpha value is -2.44. The normalized spacial score (nSPS) is 10.5. The van der Waals surface area contributed by atoms with E-state index in [1.54, 1.807) is 24.4 Å². The number of esters is 1. The maximum atomic E-state index is 12.2. The summed E-state index contributed by atoms with van der Waals surface area (Å²) in [6, 6.07) is 12.8. The summed E-state index contributed by atoms with van der Waals surface area (Å²) in [5.74, 6) is -0.928. The minimum Gasteiger partial charge on any atom is -0.458 e.